The zero-order valence-corrected chi connectivity index (χ0v) is 19.1. The van der Waals surface area contributed by atoms with Crippen LogP contribution in [0.3, 0.4) is 0 Å². The molecule has 0 spiro atoms. The van der Waals surface area contributed by atoms with Crippen molar-refractivity contribution in [1.82, 2.24) is 19.3 Å². The van der Waals surface area contributed by atoms with Crippen LogP contribution in [0.4, 0.5) is 5.95 Å². The van der Waals surface area contributed by atoms with Crippen molar-refractivity contribution in [1.29, 1.82) is 0 Å². The van der Waals surface area contributed by atoms with Crippen LogP contribution in [-0.2, 0) is 10.0 Å². The van der Waals surface area contributed by atoms with Crippen molar-refractivity contribution in [2.75, 3.05) is 25.5 Å². The van der Waals surface area contributed by atoms with E-state index in [4.69, 9.17) is 4.98 Å². The molecule has 31 heavy (non-hydrogen) atoms. The van der Waals surface area contributed by atoms with E-state index in [1.54, 1.807) is 35.0 Å². The van der Waals surface area contributed by atoms with Crippen LogP contribution in [0, 0.1) is 13.8 Å². The minimum absolute atomic E-state index is 0.313. The van der Waals surface area contributed by atoms with Crippen molar-refractivity contribution in [3.63, 3.8) is 0 Å². The van der Waals surface area contributed by atoms with Gasteiger partial charge in [-0.3, -0.25) is 4.98 Å². The fourth-order valence-corrected chi connectivity index (χ4v) is 5.65. The molecule has 0 radical (unpaired) electrons. The lowest BCUT2D eigenvalue weighted by Crippen LogP contribution is -2.31. The number of pyridine rings is 1. The summed E-state index contributed by atoms with van der Waals surface area (Å²) in [5.41, 5.74) is 4.58. The molecule has 0 aliphatic carbocycles. The fraction of sp³-hybridized carbons (Fsp3) is 0.348. The predicted octanol–water partition coefficient (Wildman–Crippen LogP) is 3.75. The average molecular weight is 438 g/mol. The van der Waals surface area contributed by atoms with Gasteiger partial charge in [0.15, 0.2) is 0 Å². The molecule has 1 aromatic carbocycles. The van der Waals surface area contributed by atoms with Gasteiger partial charge in [-0.05, 0) is 56.0 Å². The monoisotopic (exact) mass is 437 g/mol. The molecule has 1 aliphatic rings. The van der Waals surface area contributed by atoms with E-state index < -0.39 is 10.0 Å². The summed E-state index contributed by atoms with van der Waals surface area (Å²) in [6.07, 6.45) is 6.84. The molecule has 2 aromatic heterocycles. The molecule has 3 heterocycles. The van der Waals surface area contributed by atoms with Gasteiger partial charge in [-0.15, -0.1) is 0 Å². The van der Waals surface area contributed by atoms with E-state index in [2.05, 4.69) is 9.97 Å². The molecule has 1 fully saturated rings. The lowest BCUT2D eigenvalue weighted by Gasteiger charge is -2.26. The first-order valence-corrected chi connectivity index (χ1v) is 11.8. The molecule has 0 bridgehead atoms. The zero-order valence-electron chi connectivity index (χ0n) is 18.3. The Bertz CT molecular complexity index is 1190. The molecule has 1 aliphatic heterocycles. The van der Waals surface area contributed by atoms with E-state index in [9.17, 15) is 8.42 Å². The van der Waals surface area contributed by atoms with E-state index in [1.807, 2.05) is 51.0 Å². The van der Waals surface area contributed by atoms with Crippen LogP contribution in [0.5, 0.6) is 0 Å². The van der Waals surface area contributed by atoms with E-state index >= 15 is 0 Å². The maximum atomic E-state index is 13.5. The van der Waals surface area contributed by atoms with Gasteiger partial charge in [-0.2, -0.15) is 4.31 Å². The Morgan fingerprint density at radius 2 is 1.77 bits per heavy atom. The number of rotatable bonds is 5. The van der Waals surface area contributed by atoms with Gasteiger partial charge in [-0.25, -0.2) is 18.4 Å². The van der Waals surface area contributed by atoms with Crippen LogP contribution < -0.4 is 4.90 Å². The smallest absolute Gasteiger partial charge is 0.243 e. The predicted molar refractivity (Wildman–Crippen MR) is 121 cm³/mol. The first-order valence-electron chi connectivity index (χ1n) is 10.3. The summed E-state index contributed by atoms with van der Waals surface area (Å²) in [5, 5.41) is 0. The molecule has 4 rings (SSSR count). The van der Waals surface area contributed by atoms with Gasteiger partial charge >= 0.3 is 0 Å². The Kier molecular flexibility index (Phi) is 5.77. The van der Waals surface area contributed by atoms with Gasteiger partial charge in [0, 0.05) is 44.8 Å². The van der Waals surface area contributed by atoms with Crippen molar-refractivity contribution in [3.8, 4) is 11.1 Å². The highest BCUT2D eigenvalue weighted by atomic mass is 32.2. The number of anilines is 1. The third-order valence-corrected chi connectivity index (χ3v) is 7.59. The summed E-state index contributed by atoms with van der Waals surface area (Å²) in [5.74, 6) is 0.560. The van der Waals surface area contributed by atoms with Crippen molar-refractivity contribution in [2.24, 2.45) is 0 Å². The Hall–Kier alpha value is -2.84. The van der Waals surface area contributed by atoms with Crippen LogP contribution >= 0.6 is 0 Å². The summed E-state index contributed by atoms with van der Waals surface area (Å²) in [7, 11) is 0.114. The number of aromatic nitrogens is 3. The summed E-state index contributed by atoms with van der Waals surface area (Å²) in [6.45, 7) is 4.40. The van der Waals surface area contributed by atoms with Crippen molar-refractivity contribution < 1.29 is 8.42 Å². The Labute approximate surface area is 183 Å². The lowest BCUT2D eigenvalue weighted by atomic mass is 9.98. The quantitative estimate of drug-likeness (QED) is 0.605. The minimum atomic E-state index is -3.65. The second kappa shape index (κ2) is 8.36. The highest BCUT2D eigenvalue weighted by Gasteiger charge is 2.38. The third-order valence-electron chi connectivity index (χ3n) is 5.66. The Balaban J connectivity index is 1.84. The molecule has 8 heteroatoms. The number of aryl methyl sites for hydroxylation is 2. The van der Waals surface area contributed by atoms with E-state index in [0.717, 1.165) is 34.4 Å². The normalized spacial score (nSPS) is 17.1. The highest BCUT2D eigenvalue weighted by molar-refractivity contribution is 7.89. The first kappa shape index (κ1) is 21.4. The molecular weight excluding hydrogens is 410 g/mol. The second-order valence-corrected chi connectivity index (χ2v) is 10.0. The van der Waals surface area contributed by atoms with E-state index in [0.29, 0.717) is 23.8 Å². The highest BCUT2D eigenvalue weighted by Crippen LogP contribution is 2.40. The molecule has 3 aromatic rings. The second-order valence-electron chi connectivity index (χ2n) is 8.14. The zero-order chi connectivity index (χ0) is 22.2. The van der Waals surface area contributed by atoms with Gasteiger partial charge in [-0.1, -0.05) is 17.7 Å². The maximum absolute atomic E-state index is 13.5. The van der Waals surface area contributed by atoms with Crippen molar-refractivity contribution >= 4 is 16.0 Å². The van der Waals surface area contributed by atoms with Crippen LogP contribution in [-0.4, -0.2) is 48.3 Å². The van der Waals surface area contributed by atoms with Crippen LogP contribution in [0.1, 0.15) is 35.7 Å². The largest absolute Gasteiger partial charge is 0.347 e. The molecule has 7 nitrogen and oxygen atoms in total. The van der Waals surface area contributed by atoms with Crippen molar-refractivity contribution in [2.45, 2.75) is 37.6 Å². The lowest BCUT2D eigenvalue weighted by molar-refractivity contribution is 0.391. The molecule has 0 unspecified atom stereocenters. The SMILES string of the molecule is Cc1ccc(S(=O)(=O)N2CCC[C@H]2c2nc(N(C)C)ncc2-c2ccncc2C)cc1. The summed E-state index contributed by atoms with van der Waals surface area (Å²) < 4.78 is 28.6. The number of nitrogens with zero attached hydrogens (tertiary/aromatic N) is 5. The number of hydrogen-bond donors (Lipinski definition) is 0. The Morgan fingerprint density at radius 3 is 2.45 bits per heavy atom. The molecule has 162 valence electrons. The van der Waals surface area contributed by atoms with Gasteiger partial charge in [0.2, 0.25) is 16.0 Å². The number of benzene rings is 1. The van der Waals surface area contributed by atoms with Gasteiger partial charge in [0.05, 0.1) is 16.6 Å². The number of hydrogen-bond acceptors (Lipinski definition) is 6. The molecular formula is C23H27N5O2S. The van der Waals surface area contributed by atoms with Crippen LogP contribution in [0.25, 0.3) is 11.1 Å². The molecule has 1 saturated heterocycles. The molecule has 1 atom stereocenters. The topological polar surface area (TPSA) is 79.3 Å². The summed E-state index contributed by atoms with van der Waals surface area (Å²) >= 11 is 0. The molecule has 0 amide bonds. The molecule has 0 saturated carbocycles. The summed E-state index contributed by atoms with van der Waals surface area (Å²) in [4.78, 5) is 15.7. The maximum Gasteiger partial charge on any atom is 0.243 e. The minimum Gasteiger partial charge on any atom is -0.347 e. The van der Waals surface area contributed by atoms with Crippen molar-refractivity contribution in [3.05, 3.63) is 65.7 Å². The van der Waals surface area contributed by atoms with Crippen LogP contribution in [0.15, 0.2) is 53.8 Å². The standard InChI is InChI=1S/C23H27N5O2S/c1-16-7-9-18(10-8-16)31(29,30)28-13-5-6-21(28)22-20(15-25-23(26-22)27(3)4)19-11-12-24-14-17(19)2/h7-12,14-15,21H,5-6,13H2,1-4H3/t21-/m0/s1. The van der Waals surface area contributed by atoms with Gasteiger partial charge in [0.1, 0.15) is 0 Å². The third kappa shape index (κ3) is 4.05. The average Bonchev–Trinajstić information content (AvgIpc) is 3.25. The first-order chi connectivity index (χ1) is 14.8. The number of sulfonamides is 1. The van der Waals surface area contributed by atoms with Crippen LogP contribution in [0.2, 0.25) is 0 Å². The van der Waals surface area contributed by atoms with E-state index in [-0.39, 0.29) is 6.04 Å². The van der Waals surface area contributed by atoms with Gasteiger partial charge in [0.25, 0.3) is 0 Å². The van der Waals surface area contributed by atoms with E-state index in [1.165, 1.54) is 0 Å². The van der Waals surface area contributed by atoms with Gasteiger partial charge < -0.3 is 4.90 Å². The summed E-state index contributed by atoms with van der Waals surface area (Å²) in [6, 6.07) is 8.60. The fourth-order valence-electron chi connectivity index (χ4n) is 3.98. The molecule has 0 N–H and O–H groups in total. The Morgan fingerprint density at radius 1 is 1.03 bits per heavy atom.